The van der Waals surface area contributed by atoms with Crippen LogP contribution in [0.15, 0.2) is 53.7 Å². The molecule has 0 unspecified atom stereocenters. The molecule has 0 aliphatic heterocycles. The first kappa shape index (κ1) is 16.3. The molecule has 0 bridgehead atoms. The highest BCUT2D eigenvalue weighted by Gasteiger charge is 2.15. The SMILES string of the molecule is C[C@@H](O/N=C\c1ccccc1)C(=O)Nc1ccc(Cl)cc1Cl. The third kappa shape index (κ3) is 4.76. The molecule has 4 nitrogen and oxygen atoms in total. The number of nitrogens with zero attached hydrogens (tertiary/aromatic N) is 1. The van der Waals surface area contributed by atoms with Crippen LogP contribution < -0.4 is 5.32 Å². The van der Waals surface area contributed by atoms with Crippen molar-refractivity contribution in [3.63, 3.8) is 0 Å². The molecule has 2 aromatic carbocycles. The summed E-state index contributed by atoms with van der Waals surface area (Å²) in [5, 5.41) is 7.32. The maximum absolute atomic E-state index is 12.0. The maximum Gasteiger partial charge on any atom is 0.268 e. The van der Waals surface area contributed by atoms with Gasteiger partial charge in [0.25, 0.3) is 5.91 Å². The number of carbonyl (C=O) groups is 1. The van der Waals surface area contributed by atoms with E-state index in [9.17, 15) is 4.79 Å². The lowest BCUT2D eigenvalue weighted by molar-refractivity contribution is -0.126. The Bertz CT molecular complexity index is 675. The van der Waals surface area contributed by atoms with Gasteiger partial charge in [0, 0.05) is 5.02 Å². The Labute approximate surface area is 138 Å². The smallest absolute Gasteiger partial charge is 0.268 e. The summed E-state index contributed by atoms with van der Waals surface area (Å²) in [5.41, 5.74) is 1.36. The maximum atomic E-state index is 12.0. The van der Waals surface area contributed by atoms with E-state index in [0.29, 0.717) is 15.7 Å². The van der Waals surface area contributed by atoms with Crippen molar-refractivity contribution in [1.29, 1.82) is 0 Å². The zero-order chi connectivity index (χ0) is 15.9. The van der Waals surface area contributed by atoms with Gasteiger partial charge in [-0.15, -0.1) is 0 Å². The van der Waals surface area contributed by atoms with Crippen LogP contribution in [0.3, 0.4) is 0 Å². The van der Waals surface area contributed by atoms with E-state index in [4.69, 9.17) is 28.0 Å². The molecule has 114 valence electrons. The molecule has 0 radical (unpaired) electrons. The molecule has 0 heterocycles. The van der Waals surface area contributed by atoms with Crippen molar-refractivity contribution in [3.05, 3.63) is 64.1 Å². The number of nitrogens with one attached hydrogen (secondary N) is 1. The number of carbonyl (C=O) groups excluding carboxylic acids is 1. The number of halogens is 2. The number of oxime groups is 1. The summed E-state index contributed by atoms with van der Waals surface area (Å²) < 4.78 is 0. The van der Waals surface area contributed by atoms with Crippen LogP contribution in [0.5, 0.6) is 0 Å². The summed E-state index contributed by atoms with van der Waals surface area (Å²) in [6.07, 6.45) is 0.783. The third-order valence-electron chi connectivity index (χ3n) is 2.78. The van der Waals surface area contributed by atoms with Crippen LogP contribution in [0.25, 0.3) is 0 Å². The summed E-state index contributed by atoms with van der Waals surface area (Å²) in [6.45, 7) is 1.60. The molecule has 1 atom stereocenters. The number of hydrogen-bond donors (Lipinski definition) is 1. The summed E-state index contributed by atoms with van der Waals surface area (Å²) in [5.74, 6) is -0.352. The zero-order valence-corrected chi connectivity index (χ0v) is 13.3. The van der Waals surface area contributed by atoms with E-state index >= 15 is 0 Å². The molecular weight excluding hydrogens is 323 g/mol. The molecule has 0 spiro atoms. The molecule has 1 N–H and O–H groups in total. The number of rotatable bonds is 5. The average molecular weight is 337 g/mol. The molecule has 0 fully saturated rings. The van der Waals surface area contributed by atoms with Crippen LogP contribution in [0.4, 0.5) is 5.69 Å². The van der Waals surface area contributed by atoms with Gasteiger partial charge in [0.1, 0.15) is 0 Å². The Morgan fingerprint density at radius 2 is 1.95 bits per heavy atom. The van der Waals surface area contributed by atoms with Crippen molar-refractivity contribution in [2.24, 2.45) is 5.16 Å². The van der Waals surface area contributed by atoms with Gasteiger partial charge in [-0.25, -0.2) is 0 Å². The lowest BCUT2D eigenvalue weighted by Gasteiger charge is -2.11. The highest BCUT2D eigenvalue weighted by atomic mass is 35.5. The lowest BCUT2D eigenvalue weighted by Crippen LogP contribution is -2.26. The monoisotopic (exact) mass is 336 g/mol. The molecule has 0 saturated heterocycles. The third-order valence-corrected chi connectivity index (χ3v) is 3.33. The second-order valence-corrected chi connectivity index (χ2v) is 5.35. The number of anilines is 1. The van der Waals surface area contributed by atoms with Crippen molar-refractivity contribution in [2.45, 2.75) is 13.0 Å². The highest BCUT2D eigenvalue weighted by Crippen LogP contribution is 2.25. The highest BCUT2D eigenvalue weighted by molar-refractivity contribution is 6.36. The van der Waals surface area contributed by atoms with Crippen LogP contribution in [-0.2, 0) is 9.63 Å². The average Bonchev–Trinajstić information content (AvgIpc) is 2.51. The van der Waals surface area contributed by atoms with Crippen LogP contribution in [0.1, 0.15) is 12.5 Å². The van der Waals surface area contributed by atoms with Gasteiger partial charge in [0.15, 0.2) is 0 Å². The standard InChI is InChI=1S/C16H14Cl2N2O2/c1-11(22-19-10-12-5-3-2-4-6-12)16(21)20-15-8-7-13(17)9-14(15)18/h2-11H,1H3,(H,20,21)/b19-10-/t11-/m1/s1. The predicted octanol–water partition coefficient (Wildman–Crippen LogP) is 4.37. The van der Waals surface area contributed by atoms with Gasteiger partial charge in [-0.3, -0.25) is 4.79 Å². The first-order valence-corrected chi connectivity index (χ1v) is 7.32. The molecule has 0 aromatic heterocycles. The van der Waals surface area contributed by atoms with E-state index in [2.05, 4.69) is 10.5 Å². The van der Waals surface area contributed by atoms with Crippen molar-refractivity contribution in [2.75, 3.05) is 5.32 Å². The van der Waals surface area contributed by atoms with Crippen LogP contribution in [0.2, 0.25) is 10.0 Å². The topological polar surface area (TPSA) is 50.7 Å². The van der Waals surface area contributed by atoms with E-state index in [1.807, 2.05) is 30.3 Å². The van der Waals surface area contributed by atoms with E-state index in [1.165, 1.54) is 0 Å². The minimum atomic E-state index is -0.758. The first-order valence-electron chi connectivity index (χ1n) is 6.56. The van der Waals surface area contributed by atoms with Crippen molar-refractivity contribution >= 4 is 41.0 Å². The molecule has 0 aliphatic rings. The molecule has 0 aliphatic carbocycles. The van der Waals surface area contributed by atoms with Gasteiger partial charge < -0.3 is 10.2 Å². The van der Waals surface area contributed by atoms with E-state index in [-0.39, 0.29) is 5.91 Å². The lowest BCUT2D eigenvalue weighted by atomic mass is 10.2. The Morgan fingerprint density at radius 3 is 2.64 bits per heavy atom. The largest absolute Gasteiger partial charge is 0.383 e. The van der Waals surface area contributed by atoms with Crippen LogP contribution in [0, 0.1) is 0 Å². The Morgan fingerprint density at radius 1 is 1.23 bits per heavy atom. The van der Waals surface area contributed by atoms with Gasteiger partial charge in [0.05, 0.1) is 16.9 Å². The van der Waals surface area contributed by atoms with Crippen molar-refractivity contribution < 1.29 is 9.63 Å². The van der Waals surface area contributed by atoms with Crippen LogP contribution in [-0.4, -0.2) is 18.2 Å². The van der Waals surface area contributed by atoms with Gasteiger partial charge >= 0.3 is 0 Å². The second-order valence-electron chi connectivity index (χ2n) is 4.51. The minimum absolute atomic E-state index is 0.352. The van der Waals surface area contributed by atoms with E-state index in [1.54, 1.807) is 31.3 Å². The fourth-order valence-corrected chi connectivity index (χ4v) is 2.05. The molecule has 1 amide bonds. The fourth-order valence-electron chi connectivity index (χ4n) is 1.59. The number of hydrogen-bond acceptors (Lipinski definition) is 3. The molecule has 2 rings (SSSR count). The van der Waals surface area contributed by atoms with E-state index < -0.39 is 6.10 Å². The zero-order valence-electron chi connectivity index (χ0n) is 11.8. The summed E-state index contributed by atoms with van der Waals surface area (Å²) >= 11 is 11.8. The molecule has 22 heavy (non-hydrogen) atoms. The molecule has 6 heteroatoms. The molecule has 0 saturated carbocycles. The van der Waals surface area contributed by atoms with Gasteiger partial charge in [-0.1, -0.05) is 58.7 Å². The molecule has 2 aromatic rings. The van der Waals surface area contributed by atoms with Crippen molar-refractivity contribution in [3.8, 4) is 0 Å². The van der Waals surface area contributed by atoms with E-state index in [0.717, 1.165) is 5.56 Å². The first-order chi connectivity index (χ1) is 10.6. The van der Waals surface area contributed by atoms with Crippen molar-refractivity contribution in [1.82, 2.24) is 0 Å². The second kappa shape index (κ2) is 7.82. The predicted molar refractivity (Wildman–Crippen MR) is 89.7 cm³/mol. The van der Waals surface area contributed by atoms with Crippen LogP contribution >= 0.6 is 23.2 Å². The summed E-state index contributed by atoms with van der Waals surface area (Å²) in [6, 6.07) is 14.3. The Hall–Kier alpha value is -2.04. The van der Waals surface area contributed by atoms with Gasteiger partial charge in [-0.2, -0.15) is 0 Å². The molecular formula is C16H14Cl2N2O2. The minimum Gasteiger partial charge on any atom is -0.383 e. The van der Waals surface area contributed by atoms with Gasteiger partial charge in [0.2, 0.25) is 6.10 Å². The number of benzene rings is 2. The number of amides is 1. The Balaban J connectivity index is 1.91. The normalized spacial score (nSPS) is 12.1. The summed E-state index contributed by atoms with van der Waals surface area (Å²) in [4.78, 5) is 17.1. The quantitative estimate of drug-likeness (QED) is 0.651. The van der Waals surface area contributed by atoms with Gasteiger partial charge in [-0.05, 0) is 30.7 Å². The summed E-state index contributed by atoms with van der Waals surface area (Å²) in [7, 11) is 0. The fraction of sp³-hybridized carbons (Fsp3) is 0.125. The Kier molecular flexibility index (Phi) is 5.81.